The maximum atomic E-state index is 12.3. The smallest absolute Gasteiger partial charge is 0.333 e. The van der Waals surface area contributed by atoms with E-state index in [1.54, 1.807) is 6.08 Å². The van der Waals surface area contributed by atoms with Gasteiger partial charge in [0.15, 0.2) is 0 Å². The third-order valence-electron chi connectivity index (χ3n) is 10.2. The summed E-state index contributed by atoms with van der Waals surface area (Å²) in [6, 6.07) is 0. The molecule has 0 aromatic rings. The second-order valence-electron chi connectivity index (χ2n) is 13.1. The maximum Gasteiger partial charge on any atom is 0.333 e. The average Bonchev–Trinajstić information content (AvgIpc) is 3.07. The monoisotopic (exact) mass is 504 g/mol. The number of carbonyl (C=O) groups excluding carboxylic acids is 2. The topological polar surface area (TPSA) is 113 Å². The van der Waals surface area contributed by atoms with E-state index in [9.17, 15) is 24.9 Å². The molecule has 7 nitrogen and oxygen atoms in total. The predicted octanol–water partition coefficient (Wildman–Crippen LogP) is 4.05. The lowest BCUT2D eigenvalue weighted by molar-refractivity contribution is -0.215. The van der Waals surface area contributed by atoms with Crippen molar-refractivity contribution in [2.45, 2.75) is 104 Å². The molecule has 202 valence electrons. The summed E-state index contributed by atoms with van der Waals surface area (Å²) in [5.41, 5.74) is -0.763. The Hall–Kier alpha value is -1.70. The number of fused-ring (bicyclic) bond motifs is 3. The molecule has 4 aliphatic rings. The van der Waals surface area contributed by atoms with Crippen LogP contribution in [-0.4, -0.2) is 51.9 Å². The first-order chi connectivity index (χ1) is 16.7. The molecular weight excluding hydrogens is 460 g/mol. The highest BCUT2D eigenvalue weighted by Gasteiger charge is 2.64. The lowest BCUT2D eigenvalue weighted by Crippen LogP contribution is -2.63. The van der Waals surface area contributed by atoms with E-state index in [0.717, 1.165) is 19.3 Å². The molecular formula is C29H44O7. The van der Waals surface area contributed by atoms with Gasteiger partial charge in [0.1, 0.15) is 12.2 Å². The first-order valence-electron chi connectivity index (χ1n) is 13.6. The number of hydrogen-bond donors (Lipinski definition) is 3. The molecule has 8 atom stereocenters. The Morgan fingerprint density at radius 1 is 1.14 bits per heavy atom. The summed E-state index contributed by atoms with van der Waals surface area (Å²) in [6.07, 6.45) is 9.59. The highest BCUT2D eigenvalue weighted by Crippen LogP contribution is 2.69. The SMILES string of the molecule is C[C@H](O)CC(=O)OC[C@]1(O)CC[C@H]2[C@@](C)(CC[C@H]3C(C)(C)CCC[C@]23C)[C@@H]1/C=C/C1=CC(=O)O[C@H]1O. The molecule has 36 heavy (non-hydrogen) atoms. The summed E-state index contributed by atoms with van der Waals surface area (Å²) in [5, 5.41) is 31.7. The predicted molar refractivity (Wildman–Crippen MR) is 134 cm³/mol. The minimum Gasteiger partial charge on any atom is -0.463 e. The second-order valence-corrected chi connectivity index (χ2v) is 13.1. The average molecular weight is 505 g/mol. The summed E-state index contributed by atoms with van der Waals surface area (Å²) in [7, 11) is 0. The van der Waals surface area contributed by atoms with Gasteiger partial charge in [-0.05, 0) is 73.5 Å². The highest BCUT2D eigenvalue weighted by molar-refractivity contribution is 5.86. The number of hydrogen-bond acceptors (Lipinski definition) is 7. The van der Waals surface area contributed by atoms with Crippen molar-refractivity contribution in [2.24, 2.45) is 34.0 Å². The Labute approximate surface area is 214 Å². The normalized spacial score (nSPS) is 42.8. The van der Waals surface area contributed by atoms with Gasteiger partial charge in [-0.1, -0.05) is 46.3 Å². The van der Waals surface area contributed by atoms with Crippen LogP contribution in [0.1, 0.15) is 86.0 Å². The van der Waals surface area contributed by atoms with Crippen LogP contribution in [-0.2, 0) is 19.1 Å². The number of aliphatic hydroxyl groups is 3. The number of esters is 2. The van der Waals surface area contributed by atoms with Crippen LogP contribution in [0, 0.1) is 34.0 Å². The minimum atomic E-state index is -1.31. The summed E-state index contributed by atoms with van der Waals surface area (Å²) >= 11 is 0. The highest BCUT2D eigenvalue weighted by atomic mass is 16.6. The Kier molecular flexibility index (Phi) is 7.26. The number of cyclic esters (lactones) is 1. The zero-order valence-corrected chi connectivity index (χ0v) is 22.5. The van der Waals surface area contributed by atoms with Crippen molar-refractivity contribution in [3.8, 4) is 0 Å². The first kappa shape index (κ1) is 27.3. The molecule has 0 aromatic heterocycles. The van der Waals surface area contributed by atoms with Gasteiger partial charge in [0.05, 0.1) is 12.5 Å². The summed E-state index contributed by atoms with van der Waals surface area (Å²) < 4.78 is 10.3. The van der Waals surface area contributed by atoms with Gasteiger partial charge in [-0.25, -0.2) is 4.79 Å². The zero-order valence-electron chi connectivity index (χ0n) is 22.5. The molecule has 0 bridgehead atoms. The van der Waals surface area contributed by atoms with Crippen LogP contribution in [0.4, 0.5) is 0 Å². The van der Waals surface area contributed by atoms with Crippen molar-refractivity contribution in [1.29, 1.82) is 0 Å². The standard InChI is InChI=1S/C29H44O7/c1-18(30)15-23(31)35-17-29(34)14-10-21-27(4)12-6-11-26(2,3)20(27)9-13-28(21,5)22(29)8-7-19-16-24(32)36-25(19)33/h7-8,16,18,20-22,25,30,33-34H,6,9-15,17H2,1-5H3/b8-7+/t18-,20-,21+,22-,25+,27-,28+,29+/m0/s1. The van der Waals surface area contributed by atoms with Crippen LogP contribution in [0.3, 0.4) is 0 Å². The van der Waals surface area contributed by atoms with Crippen LogP contribution >= 0.6 is 0 Å². The van der Waals surface area contributed by atoms with Crippen molar-refractivity contribution < 1.29 is 34.4 Å². The molecule has 1 aliphatic heterocycles. The van der Waals surface area contributed by atoms with Gasteiger partial charge < -0.3 is 24.8 Å². The van der Waals surface area contributed by atoms with E-state index >= 15 is 0 Å². The van der Waals surface area contributed by atoms with Gasteiger partial charge in [0, 0.05) is 17.6 Å². The van der Waals surface area contributed by atoms with Crippen LogP contribution in [0.15, 0.2) is 23.8 Å². The van der Waals surface area contributed by atoms with Gasteiger partial charge in [-0.15, -0.1) is 0 Å². The Morgan fingerprint density at radius 3 is 2.47 bits per heavy atom. The summed E-state index contributed by atoms with van der Waals surface area (Å²) in [5.74, 6) is -0.482. The summed E-state index contributed by atoms with van der Waals surface area (Å²) in [4.78, 5) is 23.9. The third kappa shape index (κ3) is 4.79. The lowest BCUT2D eigenvalue weighted by atomic mass is 9.38. The Bertz CT molecular complexity index is 936. The maximum absolute atomic E-state index is 12.3. The molecule has 3 fully saturated rings. The first-order valence-corrected chi connectivity index (χ1v) is 13.6. The van der Waals surface area contributed by atoms with Crippen molar-refractivity contribution in [1.82, 2.24) is 0 Å². The molecule has 0 unspecified atom stereocenters. The van der Waals surface area contributed by atoms with E-state index in [1.165, 1.54) is 32.3 Å². The quantitative estimate of drug-likeness (QED) is 0.468. The molecule has 1 heterocycles. The third-order valence-corrected chi connectivity index (χ3v) is 10.2. The Morgan fingerprint density at radius 2 is 1.83 bits per heavy atom. The van der Waals surface area contributed by atoms with Crippen molar-refractivity contribution in [3.05, 3.63) is 23.8 Å². The lowest BCUT2D eigenvalue weighted by Gasteiger charge is -2.67. The van der Waals surface area contributed by atoms with E-state index < -0.39 is 29.9 Å². The van der Waals surface area contributed by atoms with E-state index in [0.29, 0.717) is 23.8 Å². The van der Waals surface area contributed by atoms with Gasteiger partial charge in [0.2, 0.25) is 6.29 Å². The molecule has 4 rings (SSSR count). The van der Waals surface area contributed by atoms with Crippen LogP contribution in [0.25, 0.3) is 0 Å². The molecule has 7 heteroatoms. The minimum absolute atomic E-state index is 0.121. The van der Waals surface area contributed by atoms with Gasteiger partial charge >= 0.3 is 11.9 Å². The fourth-order valence-corrected chi connectivity index (χ4v) is 8.71. The molecule has 0 amide bonds. The molecule has 3 N–H and O–H groups in total. The van der Waals surface area contributed by atoms with E-state index in [4.69, 9.17) is 9.47 Å². The van der Waals surface area contributed by atoms with E-state index in [-0.39, 0.29) is 35.2 Å². The summed E-state index contributed by atoms with van der Waals surface area (Å²) in [6.45, 7) is 10.9. The number of ether oxygens (including phenoxy) is 2. The van der Waals surface area contributed by atoms with Crippen LogP contribution in [0.2, 0.25) is 0 Å². The van der Waals surface area contributed by atoms with Gasteiger partial charge in [0.25, 0.3) is 0 Å². The van der Waals surface area contributed by atoms with E-state index in [2.05, 4.69) is 27.7 Å². The van der Waals surface area contributed by atoms with Crippen LogP contribution < -0.4 is 0 Å². The number of carbonyl (C=O) groups is 2. The zero-order chi connectivity index (χ0) is 26.5. The second kappa shape index (κ2) is 9.55. The van der Waals surface area contributed by atoms with Crippen molar-refractivity contribution >= 4 is 11.9 Å². The van der Waals surface area contributed by atoms with Crippen LogP contribution in [0.5, 0.6) is 0 Å². The number of rotatable bonds is 6. The molecule has 0 aromatic carbocycles. The van der Waals surface area contributed by atoms with Crippen molar-refractivity contribution in [3.63, 3.8) is 0 Å². The Balaban J connectivity index is 1.68. The van der Waals surface area contributed by atoms with Gasteiger partial charge in [-0.2, -0.15) is 0 Å². The molecule has 3 saturated carbocycles. The fraction of sp³-hybridized carbons (Fsp3) is 0.793. The molecule has 0 saturated heterocycles. The molecule has 3 aliphatic carbocycles. The van der Waals surface area contributed by atoms with E-state index in [1.807, 2.05) is 6.08 Å². The molecule has 0 spiro atoms. The number of aliphatic hydroxyl groups excluding tert-OH is 2. The van der Waals surface area contributed by atoms with Gasteiger partial charge in [-0.3, -0.25) is 4.79 Å². The van der Waals surface area contributed by atoms with Crippen molar-refractivity contribution in [2.75, 3.05) is 6.61 Å². The largest absolute Gasteiger partial charge is 0.463 e. The molecule has 0 radical (unpaired) electrons. The fourth-order valence-electron chi connectivity index (χ4n) is 8.71.